The van der Waals surface area contributed by atoms with Crippen LogP contribution in [0.4, 0.5) is 0 Å². The highest BCUT2D eigenvalue weighted by Crippen LogP contribution is 2.53. The first-order chi connectivity index (χ1) is 14.4. The molecule has 1 aliphatic carbocycles. The summed E-state index contributed by atoms with van der Waals surface area (Å²) in [5, 5.41) is 0.786. The monoisotopic (exact) mass is 424 g/mol. The quantitative estimate of drug-likeness (QED) is 0.733. The number of rotatable bonds is 2. The summed E-state index contributed by atoms with van der Waals surface area (Å²) in [5.74, 6) is 0.217. The van der Waals surface area contributed by atoms with Crippen molar-refractivity contribution < 1.29 is 9.59 Å². The number of aromatic nitrogens is 2. The molecular weight excluding hydrogens is 396 g/mol. The molecule has 2 aromatic heterocycles. The van der Waals surface area contributed by atoms with E-state index in [0.717, 1.165) is 48.5 Å². The first kappa shape index (κ1) is 19.7. The highest BCUT2D eigenvalue weighted by atomic mass is 32.1. The molecule has 4 heterocycles. The number of hydrogen-bond acceptors (Lipinski definition) is 5. The van der Waals surface area contributed by atoms with Crippen molar-refractivity contribution in [1.29, 1.82) is 0 Å². The van der Waals surface area contributed by atoms with Crippen LogP contribution in [0, 0.1) is 12.3 Å². The number of nitrogens with zero attached hydrogens (tertiary/aromatic N) is 4. The molecule has 2 amide bonds. The van der Waals surface area contributed by atoms with Crippen molar-refractivity contribution in [3.8, 4) is 10.7 Å². The first-order valence-electron chi connectivity index (χ1n) is 10.9. The summed E-state index contributed by atoms with van der Waals surface area (Å²) in [6.07, 6.45) is 7.04. The summed E-state index contributed by atoms with van der Waals surface area (Å²) < 4.78 is 0. The number of aryl methyl sites for hydroxylation is 1. The lowest BCUT2D eigenvalue weighted by molar-refractivity contribution is -0.136. The van der Waals surface area contributed by atoms with Gasteiger partial charge in [0, 0.05) is 37.2 Å². The van der Waals surface area contributed by atoms with E-state index in [-0.39, 0.29) is 35.4 Å². The number of hydrogen-bond donors (Lipinski definition) is 0. The van der Waals surface area contributed by atoms with E-state index in [1.807, 2.05) is 25.1 Å². The standard InChI is InChI=1S/C23H28N4O2S/c1-14-20(30-21(25-14)17-8-6-7-11-24-17)22(29)27-16-12-23(3)18(26(13-16)15(2)28)9-4-5-10-19(23)27/h6-8,11,16,18-19H,4-5,9-10,12-13H2,1-3H3/t16-,18+,19-,23+/m0/s1. The predicted molar refractivity (Wildman–Crippen MR) is 116 cm³/mol. The second-order valence-corrected chi connectivity index (χ2v) is 10.2. The second-order valence-electron chi connectivity index (χ2n) is 9.21. The Balaban J connectivity index is 1.52. The molecule has 30 heavy (non-hydrogen) atoms. The molecule has 3 fully saturated rings. The fraction of sp³-hybridized carbons (Fsp3) is 0.565. The van der Waals surface area contributed by atoms with Crippen LogP contribution >= 0.6 is 11.3 Å². The van der Waals surface area contributed by atoms with Crippen molar-refractivity contribution in [3.63, 3.8) is 0 Å². The van der Waals surface area contributed by atoms with Gasteiger partial charge in [0.25, 0.3) is 5.91 Å². The van der Waals surface area contributed by atoms with Gasteiger partial charge in [0.1, 0.15) is 9.88 Å². The van der Waals surface area contributed by atoms with Gasteiger partial charge in [-0.3, -0.25) is 14.6 Å². The van der Waals surface area contributed by atoms with E-state index >= 15 is 0 Å². The fourth-order valence-electron chi connectivity index (χ4n) is 6.13. The van der Waals surface area contributed by atoms with Gasteiger partial charge in [-0.05, 0) is 38.3 Å². The molecule has 2 bridgehead atoms. The molecule has 7 heteroatoms. The van der Waals surface area contributed by atoms with Crippen LogP contribution in [0.2, 0.25) is 0 Å². The van der Waals surface area contributed by atoms with Crippen molar-refractivity contribution in [2.24, 2.45) is 5.41 Å². The third-order valence-electron chi connectivity index (χ3n) is 7.43. The van der Waals surface area contributed by atoms with Crippen LogP contribution in [0.5, 0.6) is 0 Å². The Morgan fingerprint density at radius 2 is 1.97 bits per heavy atom. The maximum absolute atomic E-state index is 13.9. The van der Waals surface area contributed by atoms with Gasteiger partial charge in [-0.25, -0.2) is 4.98 Å². The van der Waals surface area contributed by atoms with Crippen molar-refractivity contribution in [2.75, 3.05) is 6.54 Å². The normalized spacial score (nSPS) is 30.3. The number of carbonyl (C=O) groups excluding carboxylic acids is 2. The van der Waals surface area contributed by atoms with Gasteiger partial charge in [-0.2, -0.15) is 0 Å². The van der Waals surface area contributed by atoms with Crippen LogP contribution in [0.1, 0.15) is 61.3 Å². The molecule has 0 unspecified atom stereocenters. The average molecular weight is 425 g/mol. The molecule has 0 spiro atoms. The Bertz CT molecular complexity index is 990. The number of fused-ring (bicyclic) bond motifs is 1. The fourth-order valence-corrected chi connectivity index (χ4v) is 7.12. The largest absolute Gasteiger partial charge is 0.337 e. The van der Waals surface area contributed by atoms with Crippen molar-refractivity contribution in [2.45, 2.75) is 71.0 Å². The van der Waals surface area contributed by atoms with Gasteiger partial charge < -0.3 is 9.80 Å². The van der Waals surface area contributed by atoms with E-state index in [1.165, 1.54) is 11.3 Å². The maximum atomic E-state index is 13.9. The van der Waals surface area contributed by atoms with Gasteiger partial charge in [0.2, 0.25) is 5.91 Å². The molecular formula is C23H28N4O2S. The van der Waals surface area contributed by atoms with E-state index in [1.54, 1.807) is 13.1 Å². The summed E-state index contributed by atoms with van der Waals surface area (Å²) >= 11 is 1.44. The summed E-state index contributed by atoms with van der Waals surface area (Å²) in [4.78, 5) is 40.2. The van der Waals surface area contributed by atoms with Crippen LogP contribution in [0.3, 0.4) is 0 Å². The summed E-state index contributed by atoms with van der Waals surface area (Å²) in [6.45, 7) is 6.55. The van der Waals surface area contributed by atoms with Crippen LogP contribution in [-0.4, -0.2) is 56.3 Å². The lowest BCUT2D eigenvalue weighted by Gasteiger charge is -2.46. The molecule has 2 aliphatic heterocycles. The van der Waals surface area contributed by atoms with Crippen molar-refractivity contribution >= 4 is 23.2 Å². The topological polar surface area (TPSA) is 66.4 Å². The number of amides is 2. The molecule has 6 nitrogen and oxygen atoms in total. The van der Waals surface area contributed by atoms with Crippen LogP contribution in [-0.2, 0) is 4.79 Å². The van der Waals surface area contributed by atoms with Crippen molar-refractivity contribution in [1.82, 2.24) is 19.8 Å². The van der Waals surface area contributed by atoms with E-state index in [2.05, 4.69) is 26.7 Å². The van der Waals surface area contributed by atoms with Gasteiger partial charge in [0.15, 0.2) is 0 Å². The Kier molecular flexibility index (Phi) is 4.69. The molecule has 2 aromatic rings. The molecule has 1 saturated carbocycles. The minimum Gasteiger partial charge on any atom is -0.337 e. The zero-order chi connectivity index (χ0) is 21.0. The molecule has 4 atom stereocenters. The zero-order valence-corrected chi connectivity index (χ0v) is 18.6. The predicted octanol–water partition coefficient (Wildman–Crippen LogP) is 3.91. The van der Waals surface area contributed by atoms with E-state index in [9.17, 15) is 9.59 Å². The van der Waals surface area contributed by atoms with Gasteiger partial charge >= 0.3 is 0 Å². The number of piperidine rings is 1. The molecule has 0 radical (unpaired) electrons. The molecule has 3 aliphatic rings. The minimum atomic E-state index is -0.0246. The molecule has 0 aromatic carbocycles. The van der Waals surface area contributed by atoms with Gasteiger partial charge in [0.05, 0.1) is 17.4 Å². The van der Waals surface area contributed by atoms with Crippen molar-refractivity contribution in [3.05, 3.63) is 35.0 Å². The first-order valence-corrected chi connectivity index (χ1v) is 11.7. The Morgan fingerprint density at radius 3 is 2.67 bits per heavy atom. The molecule has 0 N–H and O–H groups in total. The average Bonchev–Trinajstić information content (AvgIpc) is 3.16. The maximum Gasteiger partial charge on any atom is 0.266 e. The summed E-state index contributed by atoms with van der Waals surface area (Å²) in [7, 11) is 0. The van der Waals surface area contributed by atoms with E-state index in [4.69, 9.17) is 0 Å². The van der Waals surface area contributed by atoms with Crippen LogP contribution in [0.25, 0.3) is 10.7 Å². The van der Waals surface area contributed by atoms with E-state index in [0.29, 0.717) is 11.4 Å². The van der Waals surface area contributed by atoms with Crippen LogP contribution < -0.4 is 0 Å². The van der Waals surface area contributed by atoms with Gasteiger partial charge in [-0.15, -0.1) is 11.3 Å². The number of thiazole rings is 1. The van der Waals surface area contributed by atoms with Gasteiger partial charge in [-0.1, -0.05) is 25.8 Å². The number of pyridine rings is 1. The third-order valence-corrected chi connectivity index (χ3v) is 8.60. The Labute approximate surface area is 181 Å². The smallest absolute Gasteiger partial charge is 0.266 e. The second kappa shape index (κ2) is 7.15. The van der Waals surface area contributed by atoms with Crippen LogP contribution in [0.15, 0.2) is 24.4 Å². The number of likely N-dealkylation sites (tertiary alicyclic amines) is 2. The third kappa shape index (κ3) is 2.89. The molecule has 5 rings (SSSR count). The highest BCUT2D eigenvalue weighted by Gasteiger charge is 2.60. The lowest BCUT2D eigenvalue weighted by Crippen LogP contribution is -2.55. The summed E-state index contributed by atoms with van der Waals surface area (Å²) in [6, 6.07) is 6.26. The summed E-state index contributed by atoms with van der Waals surface area (Å²) in [5.41, 5.74) is 1.54. The molecule has 2 saturated heterocycles. The SMILES string of the molecule is CC(=O)N1C[C@@H]2C[C@@]3(C)[C@H](CCCC[C@@H]13)N2C(=O)c1sc(-c2ccccn2)nc1C. The van der Waals surface area contributed by atoms with E-state index < -0.39 is 0 Å². The Hall–Kier alpha value is -2.28. The minimum absolute atomic E-state index is 0.0246. The lowest BCUT2D eigenvalue weighted by atomic mass is 9.71. The number of carbonyl (C=O) groups is 2. The molecule has 158 valence electrons. The zero-order valence-electron chi connectivity index (χ0n) is 17.8. The highest BCUT2D eigenvalue weighted by molar-refractivity contribution is 7.17. The Morgan fingerprint density at radius 1 is 1.20 bits per heavy atom.